The number of nitrogens with one attached hydrogen (secondary N) is 1. The maximum atomic E-state index is 11.5. The molecule has 0 radical (unpaired) electrons. The molecule has 1 aliphatic rings. The summed E-state index contributed by atoms with van der Waals surface area (Å²) in [5.41, 5.74) is 0. The molecule has 4 atom stereocenters. The SMILES string of the molecule is CC(Br)C(=O)NC1CCCC(C)C1C. The van der Waals surface area contributed by atoms with Gasteiger partial charge in [0, 0.05) is 6.04 Å². The molecule has 2 nitrogen and oxygen atoms in total. The fourth-order valence-electron chi connectivity index (χ4n) is 2.08. The number of halogens is 1. The van der Waals surface area contributed by atoms with E-state index in [1.54, 1.807) is 0 Å². The first kappa shape index (κ1) is 12.0. The number of amides is 1. The summed E-state index contributed by atoms with van der Waals surface area (Å²) in [5, 5.41) is 3.11. The molecule has 0 aromatic heterocycles. The van der Waals surface area contributed by atoms with Crippen LogP contribution in [-0.2, 0) is 4.79 Å². The van der Waals surface area contributed by atoms with Crippen molar-refractivity contribution in [1.82, 2.24) is 5.32 Å². The summed E-state index contributed by atoms with van der Waals surface area (Å²) in [7, 11) is 0. The van der Waals surface area contributed by atoms with Crippen LogP contribution in [0, 0.1) is 11.8 Å². The lowest BCUT2D eigenvalue weighted by Gasteiger charge is -2.34. The van der Waals surface area contributed by atoms with Gasteiger partial charge in [-0.3, -0.25) is 4.79 Å². The molecule has 4 unspecified atom stereocenters. The summed E-state index contributed by atoms with van der Waals surface area (Å²) in [6.07, 6.45) is 3.68. The highest BCUT2D eigenvalue weighted by molar-refractivity contribution is 9.10. The third-order valence-corrected chi connectivity index (χ3v) is 3.81. The first-order chi connectivity index (χ1) is 6.52. The zero-order chi connectivity index (χ0) is 10.7. The number of alkyl halides is 1. The molecule has 82 valence electrons. The van der Waals surface area contributed by atoms with E-state index < -0.39 is 0 Å². The average molecular weight is 262 g/mol. The third kappa shape index (κ3) is 2.97. The van der Waals surface area contributed by atoms with Crippen molar-refractivity contribution >= 4 is 21.8 Å². The van der Waals surface area contributed by atoms with Crippen LogP contribution < -0.4 is 5.32 Å². The second-order valence-corrected chi connectivity index (χ2v) is 5.87. The molecule has 1 aliphatic carbocycles. The fraction of sp³-hybridized carbons (Fsp3) is 0.909. The Balaban J connectivity index is 2.47. The van der Waals surface area contributed by atoms with E-state index in [4.69, 9.17) is 0 Å². The van der Waals surface area contributed by atoms with Gasteiger partial charge in [-0.15, -0.1) is 0 Å². The zero-order valence-corrected chi connectivity index (χ0v) is 10.8. The van der Waals surface area contributed by atoms with Crippen molar-refractivity contribution < 1.29 is 4.79 Å². The fourth-order valence-corrected chi connectivity index (χ4v) is 2.22. The summed E-state index contributed by atoms with van der Waals surface area (Å²) in [4.78, 5) is 11.4. The Kier molecular flexibility index (Phi) is 4.42. The van der Waals surface area contributed by atoms with Crippen molar-refractivity contribution in [2.24, 2.45) is 11.8 Å². The molecule has 1 amide bonds. The smallest absolute Gasteiger partial charge is 0.233 e. The van der Waals surface area contributed by atoms with Crippen LogP contribution in [0.1, 0.15) is 40.0 Å². The topological polar surface area (TPSA) is 29.1 Å². The second kappa shape index (κ2) is 5.15. The first-order valence-corrected chi connectivity index (χ1v) is 6.38. The van der Waals surface area contributed by atoms with E-state index in [9.17, 15) is 4.79 Å². The van der Waals surface area contributed by atoms with Crippen LogP contribution in [0.25, 0.3) is 0 Å². The minimum Gasteiger partial charge on any atom is -0.352 e. The van der Waals surface area contributed by atoms with Crippen LogP contribution in [-0.4, -0.2) is 16.8 Å². The normalized spacial score (nSPS) is 35.0. The van der Waals surface area contributed by atoms with Gasteiger partial charge in [0.15, 0.2) is 0 Å². The van der Waals surface area contributed by atoms with Crippen LogP contribution >= 0.6 is 15.9 Å². The predicted molar refractivity (Wildman–Crippen MR) is 62.5 cm³/mol. The molecule has 0 heterocycles. The number of hydrogen-bond acceptors (Lipinski definition) is 1. The molecule has 0 spiro atoms. The number of carbonyl (C=O) groups is 1. The van der Waals surface area contributed by atoms with Gasteiger partial charge in [-0.1, -0.05) is 42.6 Å². The Hall–Kier alpha value is -0.0500. The maximum Gasteiger partial charge on any atom is 0.233 e. The molecule has 1 fully saturated rings. The van der Waals surface area contributed by atoms with E-state index in [-0.39, 0.29) is 10.7 Å². The van der Waals surface area contributed by atoms with Gasteiger partial charge < -0.3 is 5.32 Å². The number of carbonyl (C=O) groups excluding carboxylic acids is 1. The molecule has 1 rings (SSSR count). The molecule has 0 saturated heterocycles. The van der Waals surface area contributed by atoms with E-state index in [0.29, 0.717) is 12.0 Å². The summed E-state index contributed by atoms with van der Waals surface area (Å²) >= 11 is 3.29. The lowest BCUT2D eigenvalue weighted by atomic mass is 9.78. The van der Waals surface area contributed by atoms with Crippen molar-refractivity contribution in [1.29, 1.82) is 0 Å². The molecule has 14 heavy (non-hydrogen) atoms. The summed E-state index contributed by atoms with van der Waals surface area (Å²) in [6.45, 7) is 6.39. The van der Waals surface area contributed by atoms with Crippen molar-refractivity contribution in [3.05, 3.63) is 0 Å². The van der Waals surface area contributed by atoms with Gasteiger partial charge in [-0.2, -0.15) is 0 Å². The zero-order valence-electron chi connectivity index (χ0n) is 9.22. The Morgan fingerprint density at radius 3 is 2.64 bits per heavy atom. The van der Waals surface area contributed by atoms with Crippen molar-refractivity contribution in [2.75, 3.05) is 0 Å². The lowest BCUT2D eigenvalue weighted by Crippen LogP contribution is -2.45. The quantitative estimate of drug-likeness (QED) is 0.762. The van der Waals surface area contributed by atoms with E-state index in [2.05, 4.69) is 35.1 Å². The van der Waals surface area contributed by atoms with Crippen molar-refractivity contribution in [2.45, 2.75) is 50.9 Å². The van der Waals surface area contributed by atoms with Gasteiger partial charge in [0.25, 0.3) is 0 Å². The van der Waals surface area contributed by atoms with Crippen LogP contribution in [0.2, 0.25) is 0 Å². The molecule has 0 bridgehead atoms. The highest BCUT2D eigenvalue weighted by Crippen LogP contribution is 2.29. The van der Waals surface area contributed by atoms with Gasteiger partial charge in [-0.25, -0.2) is 0 Å². The number of rotatable bonds is 2. The van der Waals surface area contributed by atoms with Crippen LogP contribution in [0.5, 0.6) is 0 Å². The van der Waals surface area contributed by atoms with Crippen LogP contribution in [0.4, 0.5) is 0 Å². The Morgan fingerprint density at radius 2 is 2.07 bits per heavy atom. The predicted octanol–water partition coefficient (Wildman–Crippen LogP) is 2.71. The highest BCUT2D eigenvalue weighted by atomic mass is 79.9. The molecule has 0 aromatic carbocycles. The second-order valence-electron chi connectivity index (χ2n) is 4.50. The molecule has 3 heteroatoms. The van der Waals surface area contributed by atoms with Crippen LogP contribution in [0.15, 0.2) is 0 Å². The Morgan fingerprint density at radius 1 is 1.43 bits per heavy atom. The van der Waals surface area contributed by atoms with Gasteiger partial charge in [-0.05, 0) is 25.2 Å². The van der Waals surface area contributed by atoms with Gasteiger partial charge in [0.2, 0.25) is 5.91 Å². The first-order valence-electron chi connectivity index (χ1n) is 5.46. The minimum atomic E-state index is -0.0769. The Bertz CT molecular complexity index is 205. The van der Waals surface area contributed by atoms with E-state index in [0.717, 1.165) is 12.3 Å². The molecular weight excluding hydrogens is 242 g/mol. The lowest BCUT2D eigenvalue weighted by molar-refractivity contribution is -0.121. The minimum absolute atomic E-state index is 0.0769. The Labute approximate surface area is 95.0 Å². The maximum absolute atomic E-state index is 11.5. The highest BCUT2D eigenvalue weighted by Gasteiger charge is 2.28. The molecule has 1 saturated carbocycles. The van der Waals surface area contributed by atoms with Crippen molar-refractivity contribution in [3.8, 4) is 0 Å². The largest absolute Gasteiger partial charge is 0.352 e. The molecule has 1 N–H and O–H groups in total. The molecule has 0 aliphatic heterocycles. The number of hydrogen-bond donors (Lipinski definition) is 1. The average Bonchev–Trinajstić information content (AvgIpc) is 2.12. The van der Waals surface area contributed by atoms with E-state index >= 15 is 0 Å². The summed E-state index contributed by atoms with van der Waals surface area (Å²) in [6, 6.07) is 0.381. The molecule has 0 aromatic rings. The van der Waals surface area contributed by atoms with Crippen molar-refractivity contribution in [3.63, 3.8) is 0 Å². The van der Waals surface area contributed by atoms with E-state index in [1.807, 2.05) is 6.92 Å². The van der Waals surface area contributed by atoms with Crippen LogP contribution in [0.3, 0.4) is 0 Å². The van der Waals surface area contributed by atoms with E-state index in [1.165, 1.54) is 12.8 Å². The third-order valence-electron chi connectivity index (χ3n) is 3.40. The molecular formula is C11H20BrNO. The van der Waals surface area contributed by atoms with Gasteiger partial charge in [0.1, 0.15) is 0 Å². The summed E-state index contributed by atoms with van der Waals surface area (Å²) < 4.78 is 0. The van der Waals surface area contributed by atoms with Gasteiger partial charge >= 0.3 is 0 Å². The summed E-state index contributed by atoms with van der Waals surface area (Å²) in [5.74, 6) is 1.47. The van der Waals surface area contributed by atoms with Gasteiger partial charge in [0.05, 0.1) is 4.83 Å². The standard InChI is InChI=1S/C11H20BrNO/c1-7-5-4-6-10(8(7)2)13-11(14)9(3)12/h7-10H,4-6H2,1-3H3,(H,13,14). The monoisotopic (exact) mass is 261 g/mol.